The van der Waals surface area contributed by atoms with Gasteiger partial charge in [-0.05, 0) is 18.7 Å². The largest absolute Gasteiger partial charge is 0.338 e. The number of hydrogen-bond donors (Lipinski definition) is 1. The van der Waals surface area contributed by atoms with Crippen LogP contribution < -0.4 is 5.32 Å². The monoisotopic (exact) mass is 270 g/mol. The molecule has 2 heterocycles. The Labute approximate surface area is 117 Å². The van der Waals surface area contributed by atoms with E-state index in [0.29, 0.717) is 12.4 Å². The van der Waals surface area contributed by atoms with Crippen LogP contribution in [0.25, 0.3) is 10.9 Å². The van der Waals surface area contributed by atoms with Crippen LogP contribution in [-0.2, 0) is 19.5 Å². The molecule has 1 aromatic carbocycles. The van der Waals surface area contributed by atoms with Crippen LogP contribution in [0.2, 0.25) is 0 Å². The Kier molecular flexibility index (Phi) is 3.52. The number of hydrogen-bond acceptors (Lipinski definition) is 4. The fraction of sp³-hybridized carbons (Fsp3) is 0.333. The van der Waals surface area contributed by atoms with Gasteiger partial charge in [0.15, 0.2) is 5.82 Å². The first-order valence-corrected chi connectivity index (χ1v) is 6.84. The lowest BCUT2D eigenvalue weighted by Crippen LogP contribution is -2.04. The molecule has 2 aromatic heterocycles. The Morgan fingerprint density at radius 1 is 1.30 bits per heavy atom. The first-order valence-electron chi connectivity index (χ1n) is 6.84. The summed E-state index contributed by atoms with van der Waals surface area (Å²) in [7, 11) is 1.96. The van der Waals surface area contributed by atoms with Gasteiger partial charge in [0.05, 0.1) is 0 Å². The summed E-state index contributed by atoms with van der Waals surface area (Å²) in [6.07, 6.45) is 2.94. The van der Waals surface area contributed by atoms with Crippen LogP contribution >= 0.6 is 0 Å². The van der Waals surface area contributed by atoms with Crippen LogP contribution in [0.3, 0.4) is 0 Å². The predicted molar refractivity (Wildman–Crippen MR) is 77.5 cm³/mol. The number of nitrogens with one attached hydrogen (secondary N) is 1. The van der Waals surface area contributed by atoms with Crippen molar-refractivity contribution in [1.82, 2.24) is 20.0 Å². The fourth-order valence-corrected chi connectivity index (χ4v) is 2.43. The van der Waals surface area contributed by atoms with Gasteiger partial charge in [0, 0.05) is 30.1 Å². The summed E-state index contributed by atoms with van der Waals surface area (Å²) in [5, 5.41) is 8.41. The maximum Gasteiger partial charge on any atom is 0.246 e. The van der Waals surface area contributed by atoms with Crippen LogP contribution in [0.1, 0.15) is 24.2 Å². The minimum atomic E-state index is 0.608. The summed E-state index contributed by atoms with van der Waals surface area (Å²) < 4.78 is 7.44. The molecule has 0 bridgehead atoms. The molecule has 3 rings (SSSR count). The summed E-state index contributed by atoms with van der Waals surface area (Å²) in [5.41, 5.74) is 2.47. The highest BCUT2D eigenvalue weighted by atomic mass is 16.5. The van der Waals surface area contributed by atoms with Gasteiger partial charge in [-0.25, -0.2) is 0 Å². The molecule has 0 fully saturated rings. The lowest BCUT2D eigenvalue weighted by atomic mass is 10.2. The van der Waals surface area contributed by atoms with E-state index in [-0.39, 0.29) is 0 Å². The van der Waals surface area contributed by atoms with Gasteiger partial charge in [0.2, 0.25) is 5.89 Å². The van der Waals surface area contributed by atoms with E-state index in [0.717, 1.165) is 18.8 Å². The van der Waals surface area contributed by atoms with E-state index in [2.05, 4.69) is 44.4 Å². The third-order valence-corrected chi connectivity index (χ3v) is 3.37. The van der Waals surface area contributed by atoms with E-state index in [9.17, 15) is 0 Å². The molecule has 20 heavy (non-hydrogen) atoms. The number of benzene rings is 1. The third kappa shape index (κ3) is 2.32. The van der Waals surface area contributed by atoms with Gasteiger partial charge in [-0.2, -0.15) is 4.98 Å². The minimum Gasteiger partial charge on any atom is -0.338 e. The van der Waals surface area contributed by atoms with Crippen LogP contribution in [0.5, 0.6) is 0 Å². The molecule has 0 saturated carbocycles. The molecule has 0 saturated heterocycles. The van der Waals surface area contributed by atoms with E-state index < -0.39 is 0 Å². The molecule has 0 radical (unpaired) electrons. The van der Waals surface area contributed by atoms with Gasteiger partial charge in [0.1, 0.15) is 6.54 Å². The van der Waals surface area contributed by atoms with Crippen LogP contribution in [-0.4, -0.2) is 21.8 Å². The van der Waals surface area contributed by atoms with Gasteiger partial charge in [0.25, 0.3) is 0 Å². The summed E-state index contributed by atoms with van der Waals surface area (Å²) in [6.45, 7) is 3.47. The summed E-state index contributed by atoms with van der Waals surface area (Å²) in [6, 6.07) is 8.37. The van der Waals surface area contributed by atoms with Crippen molar-refractivity contribution in [2.75, 3.05) is 7.05 Å². The Morgan fingerprint density at radius 2 is 2.15 bits per heavy atom. The lowest BCUT2D eigenvalue weighted by Gasteiger charge is -2.00. The Bertz CT molecular complexity index is 714. The van der Waals surface area contributed by atoms with E-state index in [1.54, 1.807) is 0 Å². The highest BCUT2D eigenvalue weighted by Crippen LogP contribution is 2.22. The Morgan fingerprint density at radius 3 is 2.90 bits per heavy atom. The van der Waals surface area contributed by atoms with Gasteiger partial charge in [-0.15, -0.1) is 0 Å². The first-order chi connectivity index (χ1) is 9.81. The Balaban J connectivity index is 1.98. The molecule has 5 nitrogen and oxygen atoms in total. The maximum atomic E-state index is 5.28. The molecule has 0 aliphatic rings. The molecule has 0 unspecified atom stereocenters. The van der Waals surface area contributed by atoms with Crippen molar-refractivity contribution in [3.63, 3.8) is 0 Å². The molecular formula is C15H18N4O. The van der Waals surface area contributed by atoms with E-state index in [1.165, 1.54) is 16.5 Å². The zero-order chi connectivity index (χ0) is 13.9. The molecule has 1 N–H and O–H groups in total. The molecule has 104 valence electrons. The zero-order valence-electron chi connectivity index (χ0n) is 11.8. The zero-order valence-corrected chi connectivity index (χ0v) is 11.8. The fourth-order valence-electron chi connectivity index (χ4n) is 2.43. The van der Waals surface area contributed by atoms with Gasteiger partial charge >= 0.3 is 0 Å². The average molecular weight is 270 g/mol. The smallest absolute Gasteiger partial charge is 0.246 e. The second-order valence-electron chi connectivity index (χ2n) is 4.79. The number of nitrogens with zero attached hydrogens (tertiary/aromatic N) is 3. The first kappa shape index (κ1) is 12.9. The minimum absolute atomic E-state index is 0.608. The number of rotatable bonds is 5. The summed E-state index contributed by atoms with van der Waals surface area (Å²) in [5.74, 6) is 1.41. The summed E-state index contributed by atoms with van der Waals surface area (Å²) >= 11 is 0. The predicted octanol–water partition coefficient (Wildman–Crippen LogP) is 2.35. The van der Waals surface area contributed by atoms with Crippen molar-refractivity contribution in [1.29, 1.82) is 0 Å². The highest BCUT2D eigenvalue weighted by Gasteiger charge is 2.11. The maximum absolute atomic E-state index is 5.28. The number of para-hydroxylation sites is 1. The van der Waals surface area contributed by atoms with E-state index >= 15 is 0 Å². The molecule has 0 aliphatic heterocycles. The van der Waals surface area contributed by atoms with Crippen molar-refractivity contribution < 1.29 is 4.52 Å². The van der Waals surface area contributed by atoms with E-state index in [4.69, 9.17) is 4.52 Å². The number of aromatic nitrogens is 3. The van der Waals surface area contributed by atoms with Crippen LogP contribution in [0.4, 0.5) is 0 Å². The molecular weight excluding hydrogens is 252 g/mol. The molecule has 5 heteroatoms. The topological polar surface area (TPSA) is 55.9 Å². The third-order valence-electron chi connectivity index (χ3n) is 3.37. The summed E-state index contributed by atoms with van der Waals surface area (Å²) in [4.78, 5) is 4.37. The van der Waals surface area contributed by atoms with Crippen LogP contribution in [0, 0.1) is 0 Å². The SMILES string of the molecule is CCc1noc(Cn2cc(CNC)c3ccccc32)n1. The number of aryl methyl sites for hydroxylation is 1. The normalized spacial score (nSPS) is 11.3. The highest BCUT2D eigenvalue weighted by molar-refractivity contribution is 5.84. The average Bonchev–Trinajstić information content (AvgIpc) is 3.06. The lowest BCUT2D eigenvalue weighted by molar-refractivity contribution is 0.368. The molecule has 0 amide bonds. The van der Waals surface area contributed by atoms with Crippen molar-refractivity contribution in [2.24, 2.45) is 0 Å². The molecule has 3 aromatic rings. The van der Waals surface area contributed by atoms with Crippen molar-refractivity contribution >= 4 is 10.9 Å². The van der Waals surface area contributed by atoms with E-state index in [1.807, 2.05) is 20.0 Å². The molecule has 0 aliphatic carbocycles. The van der Waals surface area contributed by atoms with Crippen LogP contribution in [0.15, 0.2) is 35.0 Å². The van der Waals surface area contributed by atoms with Gasteiger partial charge in [-0.3, -0.25) is 0 Å². The van der Waals surface area contributed by atoms with Crippen molar-refractivity contribution in [3.05, 3.63) is 47.7 Å². The van der Waals surface area contributed by atoms with Crippen molar-refractivity contribution in [2.45, 2.75) is 26.4 Å². The van der Waals surface area contributed by atoms with Gasteiger partial charge < -0.3 is 14.4 Å². The molecule has 0 spiro atoms. The number of fused-ring (bicyclic) bond motifs is 1. The second-order valence-corrected chi connectivity index (χ2v) is 4.79. The van der Waals surface area contributed by atoms with Crippen molar-refractivity contribution in [3.8, 4) is 0 Å². The van der Waals surface area contributed by atoms with Gasteiger partial charge in [-0.1, -0.05) is 30.3 Å². The molecule has 0 atom stereocenters. The standard InChI is InChI=1S/C15H18N4O/c1-3-14-17-15(20-18-14)10-19-9-11(8-16-2)12-6-4-5-7-13(12)19/h4-7,9,16H,3,8,10H2,1-2H3. The quantitative estimate of drug-likeness (QED) is 0.773. The second kappa shape index (κ2) is 5.46. The Hall–Kier alpha value is -2.14.